The number of aromatic carboxylic acids is 1. The molecule has 3 heterocycles. The van der Waals surface area contributed by atoms with Gasteiger partial charge in [0.1, 0.15) is 5.75 Å². The van der Waals surface area contributed by atoms with Crippen LogP contribution in [-0.2, 0) is 0 Å². The molecule has 1 saturated carbocycles. The molecular formula is C23H22N4O4. The third kappa shape index (κ3) is 3.88. The van der Waals surface area contributed by atoms with E-state index in [1.165, 1.54) is 12.3 Å². The van der Waals surface area contributed by atoms with Crippen molar-refractivity contribution in [2.45, 2.75) is 18.9 Å². The first-order chi connectivity index (χ1) is 15.1. The fourth-order valence-corrected chi connectivity index (χ4v) is 4.66. The lowest BCUT2D eigenvalue weighted by Crippen LogP contribution is -2.34. The first kappa shape index (κ1) is 19.3. The van der Waals surface area contributed by atoms with Crippen LogP contribution in [0.15, 0.2) is 61.1 Å². The van der Waals surface area contributed by atoms with Crippen molar-refractivity contribution in [2.24, 2.45) is 11.8 Å². The average Bonchev–Trinajstić information content (AvgIpc) is 3.49. The Morgan fingerprint density at radius 1 is 1.03 bits per heavy atom. The number of aromatic nitrogens is 3. The highest BCUT2D eigenvalue weighted by atomic mass is 16.5. The zero-order valence-electron chi connectivity index (χ0n) is 16.8. The summed E-state index contributed by atoms with van der Waals surface area (Å²) in [5.41, 5.74) is 1.99. The number of fused-ring (bicyclic) bond motifs is 1. The third-order valence-electron chi connectivity index (χ3n) is 6.11. The summed E-state index contributed by atoms with van der Waals surface area (Å²) in [5, 5.41) is 12.8. The smallest absolute Gasteiger partial charge is 0.356 e. The average molecular weight is 418 g/mol. The van der Waals surface area contributed by atoms with Gasteiger partial charge >= 0.3 is 12.0 Å². The molecule has 3 atom stereocenters. The number of carboxylic acids is 1. The van der Waals surface area contributed by atoms with Crippen molar-refractivity contribution in [1.29, 1.82) is 0 Å². The fraction of sp³-hybridized carbons (Fsp3) is 0.304. The number of likely N-dealkylation sites (tertiary alicyclic amines) is 1. The zero-order chi connectivity index (χ0) is 21.4. The highest BCUT2D eigenvalue weighted by molar-refractivity contribution is 5.86. The number of hydrogen-bond acceptors (Lipinski definition) is 5. The van der Waals surface area contributed by atoms with Crippen LogP contribution in [0.2, 0.25) is 0 Å². The van der Waals surface area contributed by atoms with Gasteiger partial charge in [0, 0.05) is 37.2 Å². The first-order valence-corrected chi connectivity index (χ1v) is 10.3. The van der Waals surface area contributed by atoms with Gasteiger partial charge in [-0.05, 0) is 54.5 Å². The van der Waals surface area contributed by atoms with E-state index in [4.69, 9.17) is 9.84 Å². The lowest BCUT2D eigenvalue weighted by molar-refractivity contribution is 0.0690. The summed E-state index contributed by atoms with van der Waals surface area (Å²) in [6.45, 7) is 1.28. The van der Waals surface area contributed by atoms with E-state index in [9.17, 15) is 9.59 Å². The number of carbonyl (C=O) groups excluding carboxylic acids is 1. The van der Waals surface area contributed by atoms with Crippen molar-refractivity contribution < 1.29 is 19.4 Å². The Hall–Kier alpha value is -3.68. The molecule has 0 spiro atoms. The number of ether oxygens (including phenoxy) is 1. The van der Waals surface area contributed by atoms with Gasteiger partial charge in [-0.15, -0.1) is 0 Å². The van der Waals surface area contributed by atoms with Gasteiger partial charge in [-0.25, -0.2) is 9.59 Å². The zero-order valence-corrected chi connectivity index (χ0v) is 16.8. The Bertz CT molecular complexity index is 1100. The number of pyridine rings is 1. The summed E-state index contributed by atoms with van der Waals surface area (Å²) in [5.74, 6) is 0.462. The van der Waals surface area contributed by atoms with E-state index in [1.807, 2.05) is 42.6 Å². The lowest BCUT2D eigenvalue weighted by Gasteiger charge is -2.20. The molecule has 31 heavy (non-hydrogen) atoms. The van der Waals surface area contributed by atoms with Crippen molar-refractivity contribution >= 4 is 12.0 Å². The summed E-state index contributed by atoms with van der Waals surface area (Å²) in [4.78, 5) is 29.6. The molecule has 1 aliphatic heterocycles. The molecule has 5 rings (SSSR count). The summed E-state index contributed by atoms with van der Waals surface area (Å²) in [7, 11) is 0. The maximum atomic E-state index is 12.7. The van der Waals surface area contributed by atoms with E-state index in [-0.39, 0.29) is 17.8 Å². The van der Waals surface area contributed by atoms with Crippen molar-refractivity contribution in [3.63, 3.8) is 0 Å². The quantitative estimate of drug-likeness (QED) is 0.697. The molecule has 2 aromatic heterocycles. The minimum absolute atomic E-state index is 0.125. The third-order valence-corrected chi connectivity index (χ3v) is 6.11. The van der Waals surface area contributed by atoms with Crippen LogP contribution >= 0.6 is 0 Å². The number of nitrogens with zero attached hydrogens (tertiary/aromatic N) is 4. The van der Waals surface area contributed by atoms with E-state index in [2.05, 4.69) is 10.1 Å². The molecule has 3 aromatic rings. The SMILES string of the molecule is O=C(O)c1ccn(C(=O)N2C[C@H]3C[C@H](Oc4cccc(-c5cccnc5)c4)C[C@H]3C2)n1. The molecular weight excluding hydrogens is 396 g/mol. The van der Waals surface area contributed by atoms with E-state index in [0.29, 0.717) is 24.9 Å². The summed E-state index contributed by atoms with van der Waals surface area (Å²) >= 11 is 0. The van der Waals surface area contributed by atoms with Gasteiger partial charge in [0.05, 0.1) is 6.10 Å². The van der Waals surface area contributed by atoms with Crippen LogP contribution in [0.5, 0.6) is 5.75 Å². The summed E-state index contributed by atoms with van der Waals surface area (Å²) < 4.78 is 7.39. The molecule has 2 aliphatic rings. The molecule has 2 fully saturated rings. The largest absolute Gasteiger partial charge is 0.490 e. The Morgan fingerprint density at radius 3 is 2.48 bits per heavy atom. The minimum atomic E-state index is -1.14. The van der Waals surface area contributed by atoms with Crippen LogP contribution in [0.4, 0.5) is 4.79 Å². The van der Waals surface area contributed by atoms with Gasteiger partial charge < -0.3 is 14.7 Å². The highest BCUT2D eigenvalue weighted by Gasteiger charge is 2.43. The second-order valence-electron chi connectivity index (χ2n) is 8.14. The summed E-state index contributed by atoms with van der Waals surface area (Å²) in [6.07, 6.45) is 6.91. The maximum Gasteiger partial charge on any atom is 0.356 e. The van der Waals surface area contributed by atoms with Crippen LogP contribution in [-0.4, -0.2) is 56.0 Å². The van der Waals surface area contributed by atoms with Crippen LogP contribution in [0, 0.1) is 11.8 Å². The van der Waals surface area contributed by atoms with Gasteiger partial charge in [-0.3, -0.25) is 4.98 Å². The van der Waals surface area contributed by atoms with Crippen LogP contribution in [0.1, 0.15) is 23.3 Å². The van der Waals surface area contributed by atoms with E-state index < -0.39 is 5.97 Å². The van der Waals surface area contributed by atoms with Crippen molar-refractivity contribution in [3.05, 3.63) is 66.7 Å². The molecule has 0 bridgehead atoms. The predicted molar refractivity (Wildman–Crippen MR) is 112 cm³/mol. The molecule has 1 saturated heterocycles. The first-order valence-electron chi connectivity index (χ1n) is 10.3. The Labute approximate surface area is 179 Å². The van der Waals surface area contributed by atoms with Gasteiger partial charge in [0.2, 0.25) is 0 Å². The molecule has 1 amide bonds. The molecule has 1 aliphatic carbocycles. The number of rotatable bonds is 4. The molecule has 158 valence electrons. The normalized spacial score (nSPS) is 22.3. The number of benzene rings is 1. The molecule has 8 heteroatoms. The number of carboxylic acid groups (broad SMARTS) is 1. The molecule has 8 nitrogen and oxygen atoms in total. The van der Waals surface area contributed by atoms with Gasteiger partial charge in [0.15, 0.2) is 5.69 Å². The Balaban J connectivity index is 1.20. The van der Waals surface area contributed by atoms with Gasteiger partial charge in [0.25, 0.3) is 0 Å². The second-order valence-corrected chi connectivity index (χ2v) is 8.14. The van der Waals surface area contributed by atoms with E-state index in [0.717, 1.165) is 34.4 Å². The fourth-order valence-electron chi connectivity index (χ4n) is 4.66. The molecule has 1 aromatic carbocycles. The van der Waals surface area contributed by atoms with Crippen molar-refractivity contribution in [3.8, 4) is 16.9 Å². The van der Waals surface area contributed by atoms with Crippen molar-refractivity contribution in [2.75, 3.05) is 13.1 Å². The second kappa shape index (κ2) is 7.86. The molecule has 0 unspecified atom stereocenters. The summed E-state index contributed by atoms with van der Waals surface area (Å²) in [6, 6.07) is 13.0. The highest BCUT2D eigenvalue weighted by Crippen LogP contribution is 2.40. The van der Waals surface area contributed by atoms with Crippen LogP contribution in [0.3, 0.4) is 0 Å². The molecule has 1 N–H and O–H groups in total. The minimum Gasteiger partial charge on any atom is -0.490 e. The Morgan fingerprint density at radius 2 is 1.81 bits per heavy atom. The maximum absolute atomic E-state index is 12.7. The predicted octanol–water partition coefficient (Wildman–Crippen LogP) is 3.40. The van der Waals surface area contributed by atoms with Gasteiger partial charge in [-0.2, -0.15) is 9.78 Å². The molecule has 0 radical (unpaired) electrons. The van der Waals surface area contributed by atoms with Crippen LogP contribution < -0.4 is 4.74 Å². The topological polar surface area (TPSA) is 97.5 Å². The van der Waals surface area contributed by atoms with Crippen LogP contribution in [0.25, 0.3) is 11.1 Å². The van der Waals surface area contributed by atoms with E-state index >= 15 is 0 Å². The standard InChI is InChI=1S/C23H22N4O4/c28-22(29)21-6-8-27(25-21)23(30)26-13-17-10-20(11-18(17)14-26)31-19-5-1-3-15(9-19)16-4-2-7-24-12-16/h1-9,12,17-18,20H,10-11,13-14H2,(H,28,29)/t17-,18+,20+. The number of carbonyl (C=O) groups is 2. The van der Waals surface area contributed by atoms with Crippen molar-refractivity contribution in [1.82, 2.24) is 19.7 Å². The lowest BCUT2D eigenvalue weighted by atomic mass is 10.0. The number of hydrogen-bond donors (Lipinski definition) is 1. The number of amides is 1. The monoisotopic (exact) mass is 418 g/mol. The Kier molecular flexibility index (Phi) is 4.89. The van der Waals surface area contributed by atoms with Gasteiger partial charge in [-0.1, -0.05) is 18.2 Å². The van der Waals surface area contributed by atoms with E-state index in [1.54, 1.807) is 11.1 Å².